The third-order valence-corrected chi connectivity index (χ3v) is 4.58. The summed E-state index contributed by atoms with van der Waals surface area (Å²) in [5, 5.41) is 11.5. The third-order valence-electron chi connectivity index (χ3n) is 4.58. The van der Waals surface area contributed by atoms with Crippen LogP contribution in [0.4, 0.5) is 17.5 Å². The highest BCUT2D eigenvalue weighted by Crippen LogP contribution is 2.34. The van der Waals surface area contributed by atoms with E-state index < -0.39 is 0 Å². The van der Waals surface area contributed by atoms with Gasteiger partial charge < -0.3 is 14.5 Å². The molecule has 2 aliphatic heterocycles. The van der Waals surface area contributed by atoms with Gasteiger partial charge in [-0.15, -0.1) is 0 Å². The van der Waals surface area contributed by atoms with Crippen LogP contribution in [0, 0.1) is 17.0 Å². The maximum Gasteiger partial charge on any atom is 0.332 e. The van der Waals surface area contributed by atoms with E-state index in [1.807, 2.05) is 4.90 Å². The SMILES string of the molecule is Cc1nc(N2CCOCC2)nc(N2CCCC[C@H]2C)c1[N+](=O)[O-]. The normalized spacial score (nSPS) is 22.3. The van der Waals surface area contributed by atoms with E-state index in [4.69, 9.17) is 4.74 Å². The molecule has 3 heterocycles. The Bertz CT molecular complexity index is 589. The average Bonchev–Trinajstić information content (AvgIpc) is 2.55. The summed E-state index contributed by atoms with van der Waals surface area (Å²) >= 11 is 0. The summed E-state index contributed by atoms with van der Waals surface area (Å²) in [5.41, 5.74) is 0.468. The van der Waals surface area contributed by atoms with Gasteiger partial charge in [0.15, 0.2) is 0 Å². The van der Waals surface area contributed by atoms with Crippen molar-refractivity contribution in [2.24, 2.45) is 0 Å². The summed E-state index contributed by atoms with van der Waals surface area (Å²) in [7, 11) is 0. The number of aromatic nitrogens is 2. The molecule has 1 atom stereocenters. The van der Waals surface area contributed by atoms with E-state index in [2.05, 4.69) is 21.8 Å². The molecule has 126 valence electrons. The van der Waals surface area contributed by atoms with Crippen molar-refractivity contribution in [1.29, 1.82) is 0 Å². The van der Waals surface area contributed by atoms with Gasteiger partial charge in [0.2, 0.25) is 11.8 Å². The van der Waals surface area contributed by atoms with E-state index in [1.165, 1.54) is 0 Å². The van der Waals surface area contributed by atoms with E-state index in [1.54, 1.807) is 6.92 Å². The van der Waals surface area contributed by atoms with Crippen LogP contribution in [0.5, 0.6) is 0 Å². The molecular weight excluding hydrogens is 298 g/mol. The lowest BCUT2D eigenvalue weighted by molar-refractivity contribution is -0.385. The molecule has 0 aliphatic carbocycles. The monoisotopic (exact) mass is 321 g/mol. The Labute approximate surface area is 135 Å². The van der Waals surface area contributed by atoms with E-state index in [0.717, 1.165) is 25.8 Å². The van der Waals surface area contributed by atoms with Crippen molar-refractivity contribution < 1.29 is 9.66 Å². The van der Waals surface area contributed by atoms with Crippen molar-refractivity contribution in [2.45, 2.75) is 39.2 Å². The molecule has 0 aromatic carbocycles. The third kappa shape index (κ3) is 3.21. The zero-order valence-corrected chi connectivity index (χ0v) is 13.7. The molecule has 2 aliphatic rings. The van der Waals surface area contributed by atoms with Gasteiger partial charge in [0.1, 0.15) is 5.69 Å². The van der Waals surface area contributed by atoms with Gasteiger partial charge in [0, 0.05) is 25.7 Å². The van der Waals surface area contributed by atoms with Gasteiger partial charge in [0.05, 0.1) is 18.1 Å². The predicted octanol–water partition coefficient (Wildman–Crippen LogP) is 1.91. The first-order valence-corrected chi connectivity index (χ1v) is 8.20. The van der Waals surface area contributed by atoms with Crippen LogP contribution in [0.3, 0.4) is 0 Å². The number of aryl methyl sites for hydroxylation is 1. The summed E-state index contributed by atoms with van der Waals surface area (Å²) in [6.45, 7) is 7.31. The highest BCUT2D eigenvalue weighted by Gasteiger charge is 2.31. The first-order valence-electron chi connectivity index (χ1n) is 8.20. The molecule has 0 unspecified atom stereocenters. The smallest absolute Gasteiger partial charge is 0.332 e. The highest BCUT2D eigenvalue weighted by atomic mass is 16.6. The maximum absolute atomic E-state index is 11.5. The average molecular weight is 321 g/mol. The number of ether oxygens (including phenoxy) is 1. The summed E-state index contributed by atoms with van der Waals surface area (Å²) in [5.74, 6) is 1.04. The molecule has 0 spiro atoms. The Morgan fingerprint density at radius 3 is 2.61 bits per heavy atom. The molecule has 1 aromatic rings. The van der Waals surface area contributed by atoms with Crippen LogP contribution < -0.4 is 9.80 Å². The molecule has 1 aromatic heterocycles. The zero-order valence-electron chi connectivity index (χ0n) is 13.7. The van der Waals surface area contributed by atoms with Crippen LogP contribution in [0.1, 0.15) is 31.9 Å². The number of hydrogen-bond acceptors (Lipinski definition) is 7. The molecule has 23 heavy (non-hydrogen) atoms. The highest BCUT2D eigenvalue weighted by molar-refractivity contribution is 5.63. The largest absolute Gasteiger partial charge is 0.378 e. The fourth-order valence-corrected chi connectivity index (χ4v) is 3.27. The Morgan fingerprint density at radius 2 is 1.96 bits per heavy atom. The number of nitro groups is 1. The molecule has 0 N–H and O–H groups in total. The number of hydrogen-bond donors (Lipinski definition) is 0. The van der Waals surface area contributed by atoms with Crippen LogP contribution in [0.25, 0.3) is 0 Å². The van der Waals surface area contributed by atoms with Crippen molar-refractivity contribution in [3.8, 4) is 0 Å². The Kier molecular flexibility index (Phi) is 4.61. The van der Waals surface area contributed by atoms with Gasteiger partial charge in [-0.05, 0) is 33.1 Å². The maximum atomic E-state index is 11.5. The van der Waals surface area contributed by atoms with Gasteiger partial charge in [-0.3, -0.25) is 10.1 Å². The predicted molar refractivity (Wildman–Crippen MR) is 87.1 cm³/mol. The second-order valence-corrected chi connectivity index (χ2v) is 6.18. The minimum Gasteiger partial charge on any atom is -0.378 e. The van der Waals surface area contributed by atoms with Gasteiger partial charge in [-0.2, -0.15) is 4.98 Å². The van der Waals surface area contributed by atoms with E-state index >= 15 is 0 Å². The molecule has 0 bridgehead atoms. The van der Waals surface area contributed by atoms with Gasteiger partial charge in [-0.1, -0.05) is 0 Å². The Balaban J connectivity index is 2.02. The fourth-order valence-electron chi connectivity index (χ4n) is 3.27. The zero-order chi connectivity index (χ0) is 16.4. The van der Waals surface area contributed by atoms with Crippen LogP contribution in [-0.4, -0.2) is 53.8 Å². The minimum atomic E-state index is -0.352. The summed E-state index contributed by atoms with van der Waals surface area (Å²) in [6.07, 6.45) is 3.23. The number of piperidine rings is 1. The molecule has 0 saturated carbocycles. The Morgan fingerprint density at radius 1 is 1.22 bits per heavy atom. The summed E-state index contributed by atoms with van der Waals surface area (Å²) in [4.78, 5) is 24.3. The second-order valence-electron chi connectivity index (χ2n) is 6.18. The van der Waals surface area contributed by atoms with Crippen LogP contribution in [-0.2, 0) is 4.74 Å². The van der Waals surface area contributed by atoms with Crippen molar-refractivity contribution >= 4 is 17.5 Å². The molecular formula is C15H23N5O3. The Hall–Kier alpha value is -1.96. The van der Waals surface area contributed by atoms with Crippen molar-refractivity contribution in [2.75, 3.05) is 42.6 Å². The summed E-state index contributed by atoms with van der Waals surface area (Å²) in [6, 6.07) is 0.259. The lowest BCUT2D eigenvalue weighted by Gasteiger charge is -2.35. The fraction of sp³-hybridized carbons (Fsp3) is 0.733. The van der Waals surface area contributed by atoms with Gasteiger partial charge >= 0.3 is 5.69 Å². The number of rotatable bonds is 3. The van der Waals surface area contributed by atoms with Gasteiger partial charge in [-0.25, -0.2) is 4.98 Å². The van der Waals surface area contributed by atoms with Crippen LogP contribution >= 0.6 is 0 Å². The van der Waals surface area contributed by atoms with E-state index in [9.17, 15) is 10.1 Å². The molecule has 0 amide bonds. The van der Waals surface area contributed by atoms with E-state index in [0.29, 0.717) is 43.8 Å². The topological polar surface area (TPSA) is 84.6 Å². The van der Waals surface area contributed by atoms with Crippen molar-refractivity contribution in [3.05, 3.63) is 15.8 Å². The van der Waals surface area contributed by atoms with Crippen LogP contribution in [0.15, 0.2) is 0 Å². The lowest BCUT2D eigenvalue weighted by atomic mass is 10.0. The molecule has 8 nitrogen and oxygen atoms in total. The quantitative estimate of drug-likeness (QED) is 0.621. The van der Waals surface area contributed by atoms with Crippen LogP contribution in [0.2, 0.25) is 0 Å². The summed E-state index contributed by atoms with van der Waals surface area (Å²) < 4.78 is 5.36. The molecule has 0 radical (unpaired) electrons. The standard InChI is InChI=1S/C15H23N5O3/c1-11-5-3-4-6-19(11)14-13(20(21)22)12(2)16-15(17-14)18-7-9-23-10-8-18/h11H,3-10H2,1-2H3/t11-/m1/s1. The second kappa shape index (κ2) is 6.66. The van der Waals surface area contributed by atoms with Crippen molar-refractivity contribution in [1.82, 2.24) is 9.97 Å². The number of nitrogens with zero attached hydrogens (tertiary/aromatic N) is 5. The number of morpholine rings is 1. The molecule has 3 rings (SSSR count). The number of anilines is 2. The molecule has 8 heteroatoms. The minimum absolute atomic E-state index is 0.0377. The van der Waals surface area contributed by atoms with E-state index in [-0.39, 0.29) is 16.7 Å². The molecule has 2 fully saturated rings. The van der Waals surface area contributed by atoms with Gasteiger partial charge in [0.25, 0.3) is 0 Å². The first-order chi connectivity index (χ1) is 11.1. The first kappa shape index (κ1) is 15.9. The van der Waals surface area contributed by atoms with Crippen molar-refractivity contribution in [3.63, 3.8) is 0 Å². The molecule has 2 saturated heterocycles. The lowest BCUT2D eigenvalue weighted by Crippen LogP contribution is -2.40.